The number of rotatable bonds is 5. The third-order valence-electron chi connectivity index (χ3n) is 0.822. The Hall–Kier alpha value is 1.68. The van der Waals surface area contributed by atoms with Gasteiger partial charge in [-0.15, -0.1) is 34.0 Å². The van der Waals surface area contributed by atoms with Gasteiger partial charge in [0.05, 0.1) is 0 Å². The molecule has 3 radical (unpaired) electrons. The van der Waals surface area contributed by atoms with E-state index in [1.54, 1.807) is 22.5 Å². The van der Waals surface area contributed by atoms with Gasteiger partial charge in [-0.2, -0.15) is 0 Å². The molecular formula is C6H16Br2NOSn. The summed E-state index contributed by atoms with van der Waals surface area (Å²) in [5.74, 6) is 0. The third kappa shape index (κ3) is 18.6. The molecule has 0 aromatic rings. The van der Waals surface area contributed by atoms with E-state index >= 15 is 0 Å². The zero-order chi connectivity index (χ0) is 7.11. The van der Waals surface area contributed by atoms with Crippen molar-refractivity contribution in [2.24, 2.45) is 0 Å². The molecule has 1 unspecified atom stereocenters. The van der Waals surface area contributed by atoms with E-state index in [0.717, 1.165) is 17.1 Å². The summed E-state index contributed by atoms with van der Waals surface area (Å²) in [5, 5.41) is 3.09. The molecule has 0 amide bonds. The van der Waals surface area contributed by atoms with E-state index in [2.05, 4.69) is 19.2 Å². The van der Waals surface area contributed by atoms with Gasteiger partial charge < -0.3 is 0 Å². The SMILES string of the molecule is Br.Br.CCNCOC[CH](C)[Sn]. The quantitative estimate of drug-likeness (QED) is 0.434. The van der Waals surface area contributed by atoms with E-state index in [1.807, 2.05) is 0 Å². The molecule has 0 heterocycles. The van der Waals surface area contributed by atoms with Crippen molar-refractivity contribution >= 4 is 56.5 Å². The fourth-order valence-corrected chi connectivity index (χ4v) is 0.746. The topological polar surface area (TPSA) is 21.3 Å². The first-order chi connectivity index (χ1) is 4.27. The Kier molecular flexibility index (Phi) is 23.9. The van der Waals surface area contributed by atoms with E-state index in [0.29, 0.717) is 6.73 Å². The predicted molar refractivity (Wildman–Crippen MR) is 60.3 cm³/mol. The van der Waals surface area contributed by atoms with Gasteiger partial charge in [0.25, 0.3) is 0 Å². The monoisotopic (exact) mass is 396 g/mol. The van der Waals surface area contributed by atoms with E-state index < -0.39 is 0 Å². The molecule has 0 saturated heterocycles. The van der Waals surface area contributed by atoms with Crippen LogP contribution in [0, 0.1) is 0 Å². The second kappa shape index (κ2) is 14.2. The van der Waals surface area contributed by atoms with Gasteiger partial charge in [0.15, 0.2) is 0 Å². The molecule has 0 spiro atoms. The second-order valence-electron chi connectivity index (χ2n) is 2.02. The molecular weight excluding hydrogens is 381 g/mol. The van der Waals surface area contributed by atoms with Crippen molar-refractivity contribution in [1.82, 2.24) is 5.32 Å². The van der Waals surface area contributed by atoms with Crippen LogP contribution in [-0.4, -0.2) is 42.4 Å². The summed E-state index contributed by atoms with van der Waals surface area (Å²) in [4.78, 5) is 0. The van der Waals surface area contributed by atoms with Crippen molar-refractivity contribution in [3.8, 4) is 0 Å². The van der Waals surface area contributed by atoms with Gasteiger partial charge in [0.1, 0.15) is 0 Å². The molecule has 0 aromatic carbocycles. The number of hydrogen-bond donors (Lipinski definition) is 1. The molecule has 0 fully saturated rings. The molecule has 0 bridgehead atoms. The summed E-state index contributed by atoms with van der Waals surface area (Å²) >= 11 is 1.55. The summed E-state index contributed by atoms with van der Waals surface area (Å²) < 4.78 is 5.98. The van der Waals surface area contributed by atoms with Gasteiger partial charge in [-0.05, 0) is 0 Å². The molecule has 1 N–H and O–H groups in total. The summed E-state index contributed by atoms with van der Waals surface area (Å²) in [6.45, 7) is 6.85. The Balaban J connectivity index is -0.000000320. The van der Waals surface area contributed by atoms with Crippen LogP contribution >= 0.6 is 34.0 Å². The number of hydrogen-bond acceptors (Lipinski definition) is 2. The normalized spacial score (nSPS) is 11.2. The number of halogens is 2. The van der Waals surface area contributed by atoms with Crippen LogP contribution in [0.5, 0.6) is 0 Å². The van der Waals surface area contributed by atoms with E-state index in [-0.39, 0.29) is 34.0 Å². The summed E-state index contributed by atoms with van der Waals surface area (Å²) in [7, 11) is 0. The Bertz CT molecular complexity index is 66.5. The van der Waals surface area contributed by atoms with Crippen molar-refractivity contribution in [2.75, 3.05) is 19.9 Å². The Labute approximate surface area is 103 Å². The minimum absolute atomic E-state index is 0. The molecule has 0 rings (SSSR count). The number of nitrogens with one attached hydrogen (secondary N) is 1. The summed E-state index contributed by atoms with van der Waals surface area (Å²) in [6, 6.07) is 0. The average molecular weight is 397 g/mol. The number of ether oxygens (including phenoxy) is 1. The predicted octanol–water partition coefficient (Wildman–Crippen LogP) is 1.70. The van der Waals surface area contributed by atoms with Crippen LogP contribution in [0.15, 0.2) is 0 Å². The molecule has 11 heavy (non-hydrogen) atoms. The average Bonchev–Trinajstić information content (AvgIpc) is 1.80. The van der Waals surface area contributed by atoms with Crippen LogP contribution in [0.1, 0.15) is 13.8 Å². The van der Waals surface area contributed by atoms with Gasteiger partial charge in [-0.1, -0.05) is 0 Å². The van der Waals surface area contributed by atoms with Crippen molar-refractivity contribution in [3.63, 3.8) is 0 Å². The van der Waals surface area contributed by atoms with Gasteiger partial charge in [-0.25, -0.2) is 0 Å². The fraction of sp³-hybridized carbons (Fsp3) is 1.00. The second-order valence-corrected chi connectivity index (χ2v) is 4.83. The molecule has 0 aliphatic carbocycles. The minimum atomic E-state index is 0. The standard InChI is InChI=1S/C6H14NO.2BrH.Sn/c1-3-5-8-6-7-4-2;;;/h3,7H,4-6H2,1-2H3;2*1H;. The molecule has 1 atom stereocenters. The zero-order valence-electron chi connectivity index (χ0n) is 6.92. The Morgan fingerprint density at radius 2 is 2.00 bits per heavy atom. The first-order valence-electron chi connectivity index (χ1n) is 3.27. The molecule has 69 valence electrons. The molecule has 0 saturated carbocycles. The van der Waals surface area contributed by atoms with E-state index in [9.17, 15) is 0 Å². The summed E-state index contributed by atoms with van der Waals surface area (Å²) in [5.41, 5.74) is 0. The first kappa shape index (κ1) is 18.5. The molecule has 0 aliphatic heterocycles. The van der Waals surface area contributed by atoms with Crippen LogP contribution in [0.2, 0.25) is 3.93 Å². The van der Waals surface area contributed by atoms with Crippen LogP contribution < -0.4 is 5.32 Å². The molecule has 2 nitrogen and oxygen atoms in total. The maximum absolute atomic E-state index is 5.25. The van der Waals surface area contributed by atoms with Crippen molar-refractivity contribution in [3.05, 3.63) is 0 Å². The first-order valence-corrected chi connectivity index (χ1v) is 4.91. The van der Waals surface area contributed by atoms with E-state index in [4.69, 9.17) is 4.74 Å². The van der Waals surface area contributed by atoms with Gasteiger partial charge in [0.2, 0.25) is 0 Å². The van der Waals surface area contributed by atoms with E-state index in [1.165, 1.54) is 0 Å². The van der Waals surface area contributed by atoms with Gasteiger partial charge >= 0.3 is 70.2 Å². The fourth-order valence-electron chi connectivity index (χ4n) is 0.410. The zero-order valence-corrected chi connectivity index (χ0v) is 13.2. The van der Waals surface area contributed by atoms with Gasteiger partial charge in [-0.3, -0.25) is 0 Å². The van der Waals surface area contributed by atoms with Crippen LogP contribution in [0.4, 0.5) is 0 Å². The Morgan fingerprint density at radius 3 is 2.36 bits per heavy atom. The Morgan fingerprint density at radius 1 is 1.45 bits per heavy atom. The van der Waals surface area contributed by atoms with Crippen LogP contribution in [0.3, 0.4) is 0 Å². The molecule has 5 heteroatoms. The van der Waals surface area contributed by atoms with Crippen LogP contribution in [-0.2, 0) is 4.74 Å². The van der Waals surface area contributed by atoms with Crippen molar-refractivity contribution in [1.29, 1.82) is 0 Å². The van der Waals surface area contributed by atoms with Crippen LogP contribution in [0.25, 0.3) is 0 Å². The molecule has 0 aromatic heterocycles. The maximum atomic E-state index is 5.25. The molecule has 0 aliphatic rings. The third-order valence-corrected chi connectivity index (χ3v) is 1.30. The van der Waals surface area contributed by atoms with Crippen molar-refractivity contribution < 1.29 is 4.74 Å². The van der Waals surface area contributed by atoms with Crippen molar-refractivity contribution in [2.45, 2.75) is 17.8 Å². The summed E-state index contributed by atoms with van der Waals surface area (Å²) in [6.07, 6.45) is 0. The van der Waals surface area contributed by atoms with Gasteiger partial charge in [0, 0.05) is 0 Å².